The molecular formula is C10H17NO3. The average molecular weight is 199 g/mol. The number of β-amino-alcohol motifs (C(OH)–C–C–N with tert-alkyl or cyclic N) is 1. The highest BCUT2D eigenvalue weighted by molar-refractivity contribution is 5.76. The van der Waals surface area contributed by atoms with Gasteiger partial charge in [-0.1, -0.05) is 0 Å². The molecule has 1 saturated heterocycles. The number of carbonyl (C=O) groups is 1. The number of carbonyl (C=O) groups excluding carboxylic acids is 1. The van der Waals surface area contributed by atoms with Crippen LogP contribution in [0.1, 0.15) is 32.1 Å². The van der Waals surface area contributed by atoms with Crippen molar-refractivity contribution >= 4 is 5.97 Å². The summed E-state index contributed by atoms with van der Waals surface area (Å²) < 4.78 is 5.33. The summed E-state index contributed by atoms with van der Waals surface area (Å²) in [5.74, 6) is -0.187. The molecule has 4 heteroatoms. The van der Waals surface area contributed by atoms with Crippen LogP contribution >= 0.6 is 0 Å². The molecule has 0 aromatic rings. The van der Waals surface area contributed by atoms with E-state index in [1.54, 1.807) is 0 Å². The Bertz CT molecular complexity index is 213. The Morgan fingerprint density at radius 2 is 2.07 bits per heavy atom. The predicted octanol–water partition coefficient (Wildman–Crippen LogP) is 0.195. The molecule has 1 saturated carbocycles. The van der Waals surface area contributed by atoms with Crippen molar-refractivity contribution in [1.82, 2.24) is 5.32 Å². The van der Waals surface area contributed by atoms with Gasteiger partial charge in [-0.2, -0.15) is 0 Å². The van der Waals surface area contributed by atoms with Crippen LogP contribution in [0.5, 0.6) is 0 Å². The second-order valence-electron chi connectivity index (χ2n) is 4.19. The zero-order valence-electron chi connectivity index (χ0n) is 8.24. The van der Waals surface area contributed by atoms with Gasteiger partial charge in [0.1, 0.15) is 12.1 Å². The molecule has 4 nitrogen and oxygen atoms in total. The van der Waals surface area contributed by atoms with Gasteiger partial charge in [0.2, 0.25) is 0 Å². The van der Waals surface area contributed by atoms with Crippen LogP contribution in [0.3, 0.4) is 0 Å². The van der Waals surface area contributed by atoms with E-state index in [0.717, 1.165) is 12.8 Å². The molecule has 1 aliphatic heterocycles. The summed E-state index contributed by atoms with van der Waals surface area (Å²) >= 11 is 0. The second kappa shape index (κ2) is 4.28. The van der Waals surface area contributed by atoms with Crippen LogP contribution < -0.4 is 5.32 Å². The molecule has 0 bridgehead atoms. The first-order chi connectivity index (χ1) is 6.75. The molecule has 0 spiro atoms. The molecule has 2 aliphatic rings. The second-order valence-corrected chi connectivity index (χ2v) is 4.19. The lowest BCUT2D eigenvalue weighted by molar-refractivity contribution is -0.151. The Labute approximate surface area is 83.6 Å². The standard InChI is InChI=1S/C10H17NO3/c12-7-5-9(11-6-7)10(13)14-8-3-1-2-4-8/h7-9,11-12H,1-6H2/t7-,9-/m1/s1. The first-order valence-electron chi connectivity index (χ1n) is 5.37. The Balaban J connectivity index is 1.77. The lowest BCUT2D eigenvalue weighted by Gasteiger charge is -2.14. The van der Waals surface area contributed by atoms with Crippen LogP contribution in [0.4, 0.5) is 0 Å². The first-order valence-corrected chi connectivity index (χ1v) is 5.37. The number of ether oxygens (including phenoxy) is 1. The van der Waals surface area contributed by atoms with E-state index in [4.69, 9.17) is 4.74 Å². The molecule has 0 unspecified atom stereocenters. The van der Waals surface area contributed by atoms with Gasteiger partial charge in [0.15, 0.2) is 0 Å². The van der Waals surface area contributed by atoms with Gasteiger partial charge < -0.3 is 15.2 Å². The third kappa shape index (κ3) is 2.25. The smallest absolute Gasteiger partial charge is 0.323 e. The summed E-state index contributed by atoms with van der Waals surface area (Å²) in [5.41, 5.74) is 0. The number of esters is 1. The van der Waals surface area contributed by atoms with Gasteiger partial charge in [-0.05, 0) is 25.7 Å². The van der Waals surface area contributed by atoms with Gasteiger partial charge in [-0.3, -0.25) is 4.79 Å². The van der Waals surface area contributed by atoms with Crippen molar-refractivity contribution in [2.45, 2.75) is 50.4 Å². The van der Waals surface area contributed by atoms with E-state index in [2.05, 4.69) is 5.32 Å². The van der Waals surface area contributed by atoms with Crippen molar-refractivity contribution in [3.63, 3.8) is 0 Å². The average Bonchev–Trinajstić information content (AvgIpc) is 2.75. The molecule has 0 aromatic heterocycles. The molecule has 0 amide bonds. The number of rotatable bonds is 2. The Hall–Kier alpha value is -0.610. The molecule has 80 valence electrons. The molecule has 1 aliphatic carbocycles. The van der Waals surface area contributed by atoms with Gasteiger partial charge >= 0.3 is 5.97 Å². The Morgan fingerprint density at radius 3 is 2.64 bits per heavy atom. The highest BCUT2D eigenvalue weighted by Gasteiger charge is 2.31. The summed E-state index contributed by atoms with van der Waals surface area (Å²) in [5, 5.41) is 12.2. The minimum Gasteiger partial charge on any atom is -0.461 e. The van der Waals surface area contributed by atoms with Crippen LogP contribution in [-0.2, 0) is 9.53 Å². The van der Waals surface area contributed by atoms with Crippen molar-refractivity contribution in [1.29, 1.82) is 0 Å². The summed E-state index contributed by atoms with van der Waals surface area (Å²) in [6.07, 6.45) is 4.56. The van der Waals surface area contributed by atoms with Crippen LogP contribution in [0, 0.1) is 0 Å². The predicted molar refractivity (Wildman–Crippen MR) is 50.8 cm³/mol. The lowest BCUT2D eigenvalue weighted by Crippen LogP contribution is -2.34. The monoisotopic (exact) mass is 199 g/mol. The van der Waals surface area contributed by atoms with Gasteiger partial charge in [0, 0.05) is 13.0 Å². The molecule has 0 radical (unpaired) electrons. The zero-order chi connectivity index (χ0) is 9.97. The van der Waals surface area contributed by atoms with Crippen LogP contribution in [0.2, 0.25) is 0 Å². The number of hydrogen-bond donors (Lipinski definition) is 2. The van der Waals surface area contributed by atoms with E-state index in [-0.39, 0.29) is 18.1 Å². The first kappa shape index (κ1) is 9.93. The third-order valence-corrected chi connectivity index (χ3v) is 2.98. The third-order valence-electron chi connectivity index (χ3n) is 2.98. The fourth-order valence-corrected chi connectivity index (χ4v) is 2.15. The zero-order valence-corrected chi connectivity index (χ0v) is 8.24. The maximum absolute atomic E-state index is 11.6. The summed E-state index contributed by atoms with van der Waals surface area (Å²) in [7, 11) is 0. The molecule has 2 fully saturated rings. The normalized spacial score (nSPS) is 33.5. The van der Waals surface area contributed by atoms with E-state index in [1.807, 2.05) is 0 Å². The molecule has 0 aromatic carbocycles. The molecule has 2 atom stereocenters. The Morgan fingerprint density at radius 1 is 1.36 bits per heavy atom. The number of nitrogens with one attached hydrogen (secondary N) is 1. The van der Waals surface area contributed by atoms with E-state index in [9.17, 15) is 9.90 Å². The maximum atomic E-state index is 11.6. The quantitative estimate of drug-likeness (QED) is 0.623. The SMILES string of the molecule is O=C(OC1CCCC1)[C@H]1C[C@@H](O)CN1. The fourth-order valence-electron chi connectivity index (χ4n) is 2.15. The van der Waals surface area contributed by atoms with E-state index < -0.39 is 6.10 Å². The Kier molecular flexibility index (Phi) is 3.03. The van der Waals surface area contributed by atoms with Crippen molar-refractivity contribution < 1.29 is 14.6 Å². The minimum atomic E-state index is -0.392. The lowest BCUT2D eigenvalue weighted by atomic mass is 10.2. The summed E-state index contributed by atoms with van der Waals surface area (Å²) in [6, 6.07) is -0.286. The maximum Gasteiger partial charge on any atom is 0.323 e. The topological polar surface area (TPSA) is 58.6 Å². The molecule has 14 heavy (non-hydrogen) atoms. The minimum absolute atomic E-state index is 0.127. The molecule has 1 heterocycles. The van der Waals surface area contributed by atoms with Crippen molar-refractivity contribution in [2.75, 3.05) is 6.54 Å². The number of hydrogen-bond acceptors (Lipinski definition) is 4. The van der Waals surface area contributed by atoms with E-state index >= 15 is 0 Å². The van der Waals surface area contributed by atoms with Crippen LogP contribution in [-0.4, -0.2) is 35.9 Å². The van der Waals surface area contributed by atoms with Crippen molar-refractivity contribution in [3.8, 4) is 0 Å². The van der Waals surface area contributed by atoms with E-state index in [1.165, 1.54) is 12.8 Å². The highest BCUT2D eigenvalue weighted by atomic mass is 16.5. The number of aliphatic hydroxyl groups is 1. The van der Waals surface area contributed by atoms with E-state index in [0.29, 0.717) is 13.0 Å². The van der Waals surface area contributed by atoms with Gasteiger partial charge in [-0.15, -0.1) is 0 Å². The fraction of sp³-hybridized carbons (Fsp3) is 0.900. The molecular weight excluding hydrogens is 182 g/mol. The molecule has 2 N–H and O–H groups in total. The van der Waals surface area contributed by atoms with Gasteiger partial charge in [0.25, 0.3) is 0 Å². The van der Waals surface area contributed by atoms with Gasteiger partial charge in [0.05, 0.1) is 6.10 Å². The van der Waals surface area contributed by atoms with Crippen molar-refractivity contribution in [3.05, 3.63) is 0 Å². The highest BCUT2D eigenvalue weighted by Crippen LogP contribution is 2.22. The van der Waals surface area contributed by atoms with Gasteiger partial charge in [-0.25, -0.2) is 0 Å². The van der Waals surface area contributed by atoms with Crippen LogP contribution in [0.25, 0.3) is 0 Å². The van der Waals surface area contributed by atoms with Crippen LogP contribution in [0.15, 0.2) is 0 Å². The largest absolute Gasteiger partial charge is 0.461 e. The summed E-state index contributed by atoms with van der Waals surface area (Å²) in [4.78, 5) is 11.6. The van der Waals surface area contributed by atoms with Crippen molar-refractivity contribution in [2.24, 2.45) is 0 Å². The number of aliphatic hydroxyl groups excluding tert-OH is 1. The molecule has 2 rings (SSSR count). The summed E-state index contributed by atoms with van der Waals surface area (Å²) in [6.45, 7) is 0.504.